The van der Waals surface area contributed by atoms with E-state index in [1.54, 1.807) is 24.3 Å². The number of rotatable bonds is 4. The van der Waals surface area contributed by atoms with Gasteiger partial charge in [-0.2, -0.15) is 0 Å². The molecule has 3 aromatic rings. The second kappa shape index (κ2) is 6.92. The number of ketones is 2. The average molecular weight is 354 g/mol. The number of Topliss-reactive ketones (excluding diaryl/α,β-unsaturated/α-hetero) is 1. The van der Waals surface area contributed by atoms with Gasteiger partial charge in [0.25, 0.3) is 0 Å². The predicted octanol–water partition coefficient (Wildman–Crippen LogP) is 4.23. The molecule has 0 radical (unpaired) electrons. The fourth-order valence-electron chi connectivity index (χ4n) is 3.14. The molecular weight excluding hydrogens is 336 g/mol. The van der Waals surface area contributed by atoms with E-state index in [0.29, 0.717) is 16.8 Å². The van der Waals surface area contributed by atoms with Crippen LogP contribution in [0.2, 0.25) is 0 Å². The van der Waals surface area contributed by atoms with Gasteiger partial charge in [0, 0.05) is 28.6 Å². The van der Waals surface area contributed by atoms with Crippen LogP contribution in [0.1, 0.15) is 31.8 Å². The summed E-state index contributed by atoms with van der Waals surface area (Å²) in [7, 11) is 0. The Morgan fingerprint density at radius 3 is 2.00 bits per heavy atom. The lowest BCUT2D eigenvalue weighted by atomic mass is 9.92. The number of anilines is 2. The SMILES string of the molecule is Nc1ccc(Cc2ccc(NC3=CC(=O)c4ccccc4C3=O)cc2)cc1. The number of hydrogen-bond acceptors (Lipinski definition) is 4. The minimum atomic E-state index is -0.170. The zero-order valence-corrected chi connectivity index (χ0v) is 14.6. The number of hydrogen-bond donors (Lipinski definition) is 2. The third kappa shape index (κ3) is 3.51. The van der Waals surface area contributed by atoms with Crippen molar-refractivity contribution < 1.29 is 9.59 Å². The van der Waals surface area contributed by atoms with Crippen molar-refractivity contribution >= 4 is 22.9 Å². The molecule has 132 valence electrons. The Kier molecular flexibility index (Phi) is 4.30. The summed E-state index contributed by atoms with van der Waals surface area (Å²) < 4.78 is 0. The first-order valence-corrected chi connectivity index (χ1v) is 8.70. The molecule has 1 aliphatic rings. The van der Waals surface area contributed by atoms with E-state index in [9.17, 15) is 9.59 Å². The molecule has 0 spiro atoms. The van der Waals surface area contributed by atoms with E-state index in [2.05, 4.69) is 5.32 Å². The summed E-state index contributed by atoms with van der Waals surface area (Å²) in [6.45, 7) is 0. The maximum Gasteiger partial charge on any atom is 0.210 e. The Balaban J connectivity index is 1.50. The van der Waals surface area contributed by atoms with Gasteiger partial charge in [0.1, 0.15) is 0 Å². The number of benzene rings is 3. The molecule has 0 unspecified atom stereocenters. The van der Waals surface area contributed by atoms with Crippen LogP contribution in [0, 0.1) is 0 Å². The molecule has 4 nitrogen and oxygen atoms in total. The van der Waals surface area contributed by atoms with Crippen molar-refractivity contribution in [1.29, 1.82) is 0 Å². The summed E-state index contributed by atoms with van der Waals surface area (Å²) in [5.74, 6) is -0.330. The summed E-state index contributed by atoms with van der Waals surface area (Å²) in [5.41, 5.74) is 10.7. The number of nitrogen functional groups attached to an aromatic ring is 1. The summed E-state index contributed by atoms with van der Waals surface area (Å²) in [6.07, 6.45) is 2.17. The maximum atomic E-state index is 12.6. The largest absolute Gasteiger partial charge is 0.399 e. The zero-order valence-electron chi connectivity index (χ0n) is 14.6. The topological polar surface area (TPSA) is 72.2 Å². The molecule has 0 saturated carbocycles. The van der Waals surface area contributed by atoms with Crippen LogP contribution in [-0.2, 0) is 6.42 Å². The van der Waals surface area contributed by atoms with Crippen molar-refractivity contribution in [1.82, 2.24) is 0 Å². The molecule has 0 aromatic heterocycles. The molecule has 4 rings (SSSR count). The van der Waals surface area contributed by atoms with Crippen LogP contribution in [0.4, 0.5) is 11.4 Å². The van der Waals surface area contributed by atoms with Gasteiger partial charge >= 0.3 is 0 Å². The highest BCUT2D eigenvalue weighted by Crippen LogP contribution is 2.23. The quantitative estimate of drug-likeness (QED) is 0.688. The zero-order chi connectivity index (χ0) is 18.8. The molecule has 0 atom stereocenters. The lowest BCUT2D eigenvalue weighted by Crippen LogP contribution is -2.21. The second-order valence-electron chi connectivity index (χ2n) is 6.54. The van der Waals surface area contributed by atoms with Crippen LogP contribution in [0.3, 0.4) is 0 Å². The van der Waals surface area contributed by atoms with Gasteiger partial charge in [0.05, 0.1) is 5.70 Å². The highest BCUT2D eigenvalue weighted by Gasteiger charge is 2.25. The van der Waals surface area contributed by atoms with Crippen molar-refractivity contribution in [3.8, 4) is 0 Å². The molecule has 1 aliphatic carbocycles. The molecule has 0 amide bonds. The third-order valence-electron chi connectivity index (χ3n) is 4.58. The van der Waals surface area contributed by atoms with E-state index in [-0.39, 0.29) is 11.6 Å². The molecule has 0 bridgehead atoms. The molecule has 3 N–H and O–H groups in total. The van der Waals surface area contributed by atoms with E-state index in [0.717, 1.165) is 23.4 Å². The van der Waals surface area contributed by atoms with Gasteiger partial charge in [-0.05, 0) is 41.8 Å². The fourth-order valence-corrected chi connectivity index (χ4v) is 3.14. The van der Waals surface area contributed by atoms with Crippen molar-refractivity contribution in [3.05, 3.63) is 107 Å². The molecule has 0 aliphatic heterocycles. The van der Waals surface area contributed by atoms with Crippen LogP contribution < -0.4 is 11.1 Å². The molecule has 3 aromatic carbocycles. The Bertz CT molecular complexity index is 1050. The molecule has 4 heteroatoms. The smallest absolute Gasteiger partial charge is 0.210 e. The van der Waals surface area contributed by atoms with Crippen molar-refractivity contribution in [3.63, 3.8) is 0 Å². The Hall–Kier alpha value is -3.66. The standard InChI is InChI=1S/C23H18N2O2/c24-17-9-5-15(6-10-17)13-16-7-11-18(12-8-16)25-21-14-22(26)19-3-1-2-4-20(19)23(21)27/h1-12,14,25H,13,24H2. The number of fused-ring (bicyclic) bond motifs is 1. The predicted molar refractivity (Wildman–Crippen MR) is 107 cm³/mol. The Morgan fingerprint density at radius 2 is 1.33 bits per heavy atom. The van der Waals surface area contributed by atoms with Crippen LogP contribution in [0.5, 0.6) is 0 Å². The van der Waals surface area contributed by atoms with Gasteiger partial charge in [-0.3, -0.25) is 9.59 Å². The highest BCUT2D eigenvalue weighted by molar-refractivity contribution is 6.25. The van der Waals surface area contributed by atoms with Crippen molar-refractivity contribution in [2.75, 3.05) is 11.1 Å². The Morgan fingerprint density at radius 1 is 0.741 bits per heavy atom. The lowest BCUT2D eigenvalue weighted by Gasteiger charge is -2.16. The number of nitrogens with one attached hydrogen (secondary N) is 1. The van der Waals surface area contributed by atoms with Crippen molar-refractivity contribution in [2.24, 2.45) is 0 Å². The van der Waals surface area contributed by atoms with Gasteiger partial charge in [-0.15, -0.1) is 0 Å². The summed E-state index contributed by atoms with van der Waals surface area (Å²) in [4.78, 5) is 24.8. The van der Waals surface area contributed by atoms with Gasteiger partial charge in [-0.25, -0.2) is 0 Å². The molecular formula is C23H18N2O2. The van der Waals surface area contributed by atoms with E-state index >= 15 is 0 Å². The first-order chi connectivity index (χ1) is 13.1. The summed E-state index contributed by atoms with van der Waals surface area (Å²) >= 11 is 0. The monoisotopic (exact) mass is 354 g/mol. The summed E-state index contributed by atoms with van der Waals surface area (Å²) in [6, 6.07) is 22.5. The first-order valence-electron chi connectivity index (χ1n) is 8.70. The van der Waals surface area contributed by atoms with Gasteiger partial charge in [0.15, 0.2) is 5.78 Å². The molecule has 0 fully saturated rings. The molecule has 0 saturated heterocycles. The van der Waals surface area contributed by atoms with Crippen LogP contribution in [0.25, 0.3) is 0 Å². The highest BCUT2D eigenvalue weighted by atomic mass is 16.1. The van der Waals surface area contributed by atoms with Gasteiger partial charge in [-0.1, -0.05) is 48.5 Å². The average Bonchev–Trinajstić information content (AvgIpc) is 2.69. The van der Waals surface area contributed by atoms with Crippen molar-refractivity contribution in [2.45, 2.75) is 6.42 Å². The van der Waals surface area contributed by atoms with Gasteiger partial charge < -0.3 is 11.1 Å². The lowest BCUT2D eigenvalue weighted by molar-refractivity contribution is 0.0985. The number of nitrogens with two attached hydrogens (primary N) is 1. The van der Waals surface area contributed by atoms with E-state index in [1.807, 2.05) is 48.5 Å². The minimum absolute atomic E-state index is 0.160. The summed E-state index contributed by atoms with van der Waals surface area (Å²) in [5, 5.41) is 3.07. The fraction of sp³-hybridized carbons (Fsp3) is 0.0435. The van der Waals surface area contributed by atoms with Crippen LogP contribution >= 0.6 is 0 Å². The van der Waals surface area contributed by atoms with Gasteiger partial charge in [0.2, 0.25) is 5.78 Å². The maximum absolute atomic E-state index is 12.6. The van der Waals surface area contributed by atoms with Crippen LogP contribution in [0.15, 0.2) is 84.6 Å². The second-order valence-corrected chi connectivity index (χ2v) is 6.54. The van der Waals surface area contributed by atoms with Crippen LogP contribution in [-0.4, -0.2) is 11.6 Å². The Labute approximate surface area is 157 Å². The normalized spacial score (nSPS) is 13.1. The first kappa shape index (κ1) is 16.8. The number of carbonyl (C=O) groups excluding carboxylic acids is 2. The third-order valence-corrected chi connectivity index (χ3v) is 4.58. The van der Waals surface area contributed by atoms with E-state index in [4.69, 9.17) is 5.73 Å². The molecule has 27 heavy (non-hydrogen) atoms. The molecule has 0 heterocycles. The number of carbonyl (C=O) groups is 2. The minimum Gasteiger partial charge on any atom is -0.399 e. The van der Waals surface area contributed by atoms with E-state index < -0.39 is 0 Å². The number of allylic oxidation sites excluding steroid dienone is 2. The van der Waals surface area contributed by atoms with E-state index in [1.165, 1.54) is 11.6 Å².